The van der Waals surface area contributed by atoms with Gasteiger partial charge in [0.15, 0.2) is 11.6 Å². The Morgan fingerprint density at radius 2 is 1.88 bits per heavy atom. The summed E-state index contributed by atoms with van der Waals surface area (Å²) >= 11 is 0. The zero-order chi connectivity index (χ0) is 13.2. The van der Waals surface area contributed by atoms with Gasteiger partial charge in [0.2, 0.25) is 0 Å². The second-order valence-corrected chi connectivity index (χ2v) is 3.19. The maximum absolute atomic E-state index is 13.4. The van der Waals surface area contributed by atoms with Crippen molar-refractivity contribution in [3.63, 3.8) is 0 Å². The molecule has 0 atom stereocenters. The van der Waals surface area contributed by atoms with Crippen LogP contribution in [-0.2, 0) is 6.18 Å². The average molecular weight is 252 g/mol. The monoisotopic (exact) mass is 252 g/mol. The van der Waals surface area contributed by atoms with Gasteiger partial charge in [-0.3, -0.25) is 0 Å². The fraction of sp³-hybridized carbons (Fsp3) is 0.333. The molecule has 0 aliphatic rings. The van der Waals surface area contributed by atoms with Crippen LogP contribution in [0.4, 0.5) is 17.6 Å². The number of hydrogen-bond acceptors (Lipinski definition) is 3. The van der Waals surface area contributed by atoms with Crippen molar-refractivity contribution < 1.29 is 32.3 Å². The van der Waals surface area contributed by atoms with Crippen LogP contribution >= 0.6 is 0 Å². The van der Waals surface area contributed by atoms with E-state index >= 15 is 0 Å². The highest BCUT2D eigenvalue weighted by atomic mass is 19.4. The molecule has 0 unspecified atom stereocenters. The molecule has 0 aromatic heterocycles. The van der Waals surface area contributed by atoms with E-state index < -0.39 is 35.9 Å². The van der Waals surface area contributed by atoms with Gasteiger partial charge >= 0.3 is 13.3 Å². The summed E-state index contributed by atoms with van der Waals surface area (Å²) in [6.07, 6.45) is -4.93. The summed E-state index contributed by atoms with van der Waals surface area (Å²) in [7, 11) is -2.13. The lowest BCUT2D eigenvalue weighted by Crippen LogP contribution is -2.31. The van der Waals surface area contributed by atoms with Crippen LogP contribution in [-0.4, -0.2) is 23.8 Å². The number of halogens is 4. The van der Waals surface area contributed by atoms with Gasteiger partial charge in [-0.1, -0.05) is 0 Å². The van der Waals surface area contributed by atoms with Crippen molar-refractivity contribution in [1.29, 1.82) is 0 Å². The Labute approximate surface area is 94.8 Å². The minimum absolute atomic E-state index is 0.0425. The topological polar surface area (TPSA) is 49.7 Å². The molecule has 0 bridgehead atoms. The summed E-state index contributed by atoms with van der Waals surface area (Å²) in [6, 6.07) is 1.15. The molecule has 0 spiro atoms. The molecule has 8 heteroatoms. The quantitative estimate of drug-likeness (QED) is 0.621. The minimum Gasteiger partial charge on any atom is -0.491 e. The zero-order valence-corrected chi connectivity index (χ0v) is 8.75. The summed E-state index contributed by atoms with van der Waals surface area (Å²) in [5.74, 6) is -2.23. The van der Waals surface area contributed by atoms with Gasteiger partial charge in [-0.2, -0.15) is 13.2 Å². The molecule has 0 amide bonds. The summed E-state index contributed by atoms with van der Waals surface area (Å²) < 4.78 is 55.4. The van der Waals surface area contributed by atoms with Gasteiger partial charge in [0, 0.05) is 0 Å². The predicted octanol–water partition coefficient (Wildman–Crippen LogP) is 0.923. The molecule has 0 saturated carbocycles. The van der Waals surface area contributed by atoms with E-state index in [1.165, 1.54) is 6.92 Å². The second-order valence-electron chi connectivity index (χ2n) is 3.19. The smallest absolute Gasteiger partial charge is 0.488 e. The maximum Gasteiger partial charge on any atom is 0.488 e. The van der Waals surface area contributed by atoms with Gasteiger partial charge in [0.1, 0.15) is 0 Å². The maximum atomic E-state index is 13.4. The van der Waals surface area contributed by atoms with Gasteiger partial charge in [0.25, 0.3) is 0 Å². The predicted molar refractivity (Wildman–Crippen MR) is 52.4 cm³/mol. The highest BCUT2D eigenvalue weighted by molar-refractivity contribution is 6.58. The summed E-state index contributed by atoms with van der Waals surface area (Å²) in [4.78, 5) is 0. The highest BCUT2D eigenvalue weighted by Crippen LogP contribution is 2.34. The summed E-state index contributed by atoms with van der Waals surface area (Å²) in [6.45, 7) is 1.42. The normalized spacial score (nSPS) is 11.5. The molecule has 0 aliphatic heterocycles. The third kappa shape index (κ3) is 3.10. The molecule has 17 heavy (non-hydrogen) atoms. The largest absolute Gasteiger partial charge is 0.491 e. The van der Waals surface area contributed by atoms with Crippen LogP contribution in [0.2, 0.25) is 0 Å². The first-order valence-corrected chi connectivity index (χ1v) is 4.67. The highest BCUT2D eigenvalue weighted by Gasteiger charge is 2.37. The number of hydrogen-bond donors (Lipinski definition) is 2. The fourth-order valence-electron chi connectivity index (χ4n) is 1.24. The van der Waals surface area contributed by atoms with Crippen molar-refractivity contribution in [2.24, 2.45) is 0 Å². The minimum atomic E-state index is -4.93. The Bertz CT molecular complexity index is 406. The van der Waals surface area contributed by atoms with Crippen molar-refractivity contribution in [2.75, 3.05) is 6.61 Å². The van der Waals surface area contributed by atoms with Gasteiger partial charge < -0.3 is 14.8 Å². The number of alkyl halides is 3. The molecule has 1 aromatic carbocycles. The van der Waals surface area contributed by atoms with Gasteiger partial charge in [-0.25, -0.2) is 4.39 Å². The number of benzene rings is 1. The Kier molecular flexibility index (Phi) is 4.00. The Morgan fingerprint density at radius 3 is 2.29 bits per heavy atom. The third-order valence-corrected chi connectivity index (χ3v) is 1.96. The van der Waals surface area contributed by atoms with Crippen molar-refractivity contribution in [2.45, 2.75) is 13.1 Å². The molecular formula is C9H9BF4O3. The Morgan fingerprint density at radius 1 is 1.29 bits per heavy atom. The van der Waals surface area contributed by atoms with Crippen molar-refractivity contribution in [3.8, 4) is 5.75 Å². The Balaban J connectivity index is 3.38. The van der Waals surface area contributed by atoms with Crippen molar-refractivity contribution in [3.05, 3.63) is 23.5 Å². The van der Waals surface area contributed by atoms with E-state index in [1.54, 1.807) is 0 Å². The summed E-state index contributed by atoms with van der Waals surface area (Å²) in [5, 5.41) is 17.6. The standard InChI is InChI=1S/C9H9BF4O3/c1-2-17-7-4-5(10(15)16)3-6(8(7)11)9(12,13)14/h3-4,15-16H,2H2,1H3. The SMILES string of the molecule is CCOc1cc(B(O)O)cc(C(F)(F)F)c1F. The second kappa shape index (κ2) is 4.93. The molecule has 0 saturated heterocycles. The molecule has 3 nitrogen and oxygen atoms in total. The molecule has 0 fully saturated rings. The average Bonchev–Trinajstić information content (AvgIpc) is 2.19. The van der Waals surface area contributed by atoms with E-state index in [0.717, 1.165) is 6.07 Å². The molecule has 0 aliphatic carbocycles. The molecule has 0 heterocycles. The fourth-order valence-corrected chi connectivity index (χ4v) is 1.24. The number of ether oxygens (including phenoxy) is 1. The molecule has 1 aromatic rings. The van der Waals surface area contributed by atoms with Gasteiger partial charge in [0.05, 0.1) is 12.2 Å². The first-order chi connectivity index (χ1) is 7.77. The molecule has 94 valence electrons. The lowest BCUT2D eigenvalue weighted by Gasteiger charge is -2.14. The van der Waals surface area contributed by atoms with E-state index in [2.05, 4.69) is 4.74 Å². The first kappa shape index (κ1) is 13.8. The van der Waals surface area contributed by atoms with E-state index in [0.29, 0.717) is 6.07 Å². The van der Waals surface area contributed by atoms with Crippen LogP contribution in [0.15, 0.2) is 12.1 Å². The zero-order valence-electron chi connectivity index (χ0n) is 8.75. The first-order valence-electron chi connectivity index (χ1n) is 4.67. The summed E-state index contributed by atoms with van der Waals surface area (Å²) in [5.41, 5.74) is -2.08. The van der Waals surface area contributed by atoms with E-state index in [-0.39, 0.29) is 6.61 Å². The van der Waals surface area contributed by atoms with Crippen LogP contribution in [0.3, 0.4) is 0 Å². The van der Waals surface area contributed by atoms with Gasteiger partial charge in [-0.15, -0.1) is 0 Å². The van der Waals surface area contributed by atoms with Crippen LogP contribution < -0.4 is 10.2 Å². The van der Waals surface area contributed by atoms with Crippen molar-refractivity contribution in [1.82, 2.24) is 0 Å². The van der Waals surface area contributed by atoms with Crippen LogP contribution in [0.25, 0.3) is 0 Å². The molecule has 2 N–H and O–H groups in total. The van der Waals surface area contributed by atoms with Crippen LogP contribution in [0.1, 0.15) is 12.5 Å². The molecule has 0 radical (unpaired) electrons. The van der Waals surface area contributed by atoms with Crippen LogP contribution in [0, 0.1) is 5.82 Å². The van der Waals surface area contributed by atoms with Crippen molar-refractivity contribution >= 4 is 12.6 Å². The molecule has 1 rings (SSSR count). The Hall–Kier alpha value is -1.28. The van der Waals surface area contributed by atoms with E-state index in [9.17, 15) is 17.6 Å². The lowest BCUT2D eigenvalue weighted by atomic mass is 9.79. The van der Waals surface area contributed by atoms with E-state index in [4.69, 9.17) is 10.0 Å². The van der Waals surface area contributed by atoms with E-state index in [1.807, 2.05) is 0 Å². The third-order valence-electron chi connectivity index (χ3n) is 1.96. The lowest BCUT2D eigenvalue weighted by molar-refractivity contribution is -0.140. The van der Waals surface area contributed by atoms with Gasteiger partial charge in [-0.05, 0) is 24.5 Å². The number of rotatable bonds is 3. The van der Waals surface area contributed by atoms with Crippen LogP contribution in [0.5, 0.6) is 5.75 Å². The molecular weight excluding hydrogens is 243 g/mol.